The predicted octanol–water partition coefficient (Wildman–Crippen LogP) is 1.84. The van der Waals surface area contributed by atoms with Gasteiger partial charge >= 0.3 is 0 Å². The van der Waals surface area contributed by atoms with Gasteiger partial charge in [0.25, 0.3) is 0 Å². The molecule has 0 fully saturated rings. The van der Waals surface area contributed by atoms with Gasteiger partial charge < -0.3 is 14.6 Å². The molecular weight excluding hydrogens is 238 g/mol. The summed E-state index contributed by atoms with van der Waals surface area (Å²) >= 11 is 0. The van der Waals surface area contributed by atoms with Gasteiger partial charge in [-0.15, -0.1) is 0 Å². The van der Waals surface area contributed by atoms with E-state index < -0.39 is 0 Å². The highest BCUT2D eigenvalue weighted by Crippen LogP contribution is 2.26. The summed E-state index contributed by atoms with van der Waals surface area (Å²) in [5.41, 5.74) is 3.64. The molecule has 0 amide bonds. The van der Waals surface area contributed by atoms with Crippen LogP contribution in [-0.4, -0.2) is 29.8 Å². The van der Waals surface area contributed by atoms with E-state index in [1.54, 1.807) is 7.11 Å². The van der Waals surface area contributed by atoms with Crippen molar-refractivity contribution in [3.63, 3.8) is 0 Å². The second-order valence-electron chi connectivity index (χ2n) is 4.80. The molecule has 3 rings (SSSR count). The number of hydrogen-bond acceptors (Lipinski definition) is 3. The maximum Gasteiger partial charge on any atom is 0.110 e. The number of benzene rings is 1. The van der Waals surface area contributed by atoms with Gasteiger partial charge in [-0.3, -0.25) is 0 Å². The van der Waals surface area contributed by atoms with E-state index >= 15 is 0 Å². The summed E-state index contributed by atoms with van der Waals surface area (Å²) in [5.74, 6) is 1.17. The third kappa shape index (κ3) is 2.41. The molecular formula is C15H19N3O. The fraction of sp³-hybridized carbons (Fsp3) is 0.400. The molecule has 2 heterocycles. The molecule has 0 saturated carbocycles. The highest BCUT2D eigenvalue weighted by atomic mass is 16.5. The number of fused-ring (bicyclic) bond motifs is 1. The van der Waals surface area contributed by atoms with E-state index in [1.165, 1.54) is 22.6 Å². The standard InChI is InChI=1S/C15H19N3O/c1-19-11-12-4-2-3-5-13(12)14-10-17-15-6-7-16-8-9-18(14)15/h2-5,10,16H,6-9,11H2,1H3. The minimum atomic E-state index is 0.634. The fourth-order valence-corrected chi connectivity index (χ4v) is 2.65. The van der Waals surface area contributed by atoms with Gasteiger partial charge in [-0.05, 0) is 5.56 Å². The molecule has 0 atom stereocenters. The average Bonchev–Trinajstić information content (AvgIpc) is 2.68. The van der Waals surface area contributed by atoms with Crippen molar-refractivity contribution in [2.75, 3.05) is 20.2 Å². The molecule has 0 radical (unpaired) electrons. The van der Waals surface area contributed by atoms with E-state index in [0.29, 0.717) is 6.61 Å². The first kappa shape index (κ1) is 12.4. The Balaban J connectivity index is 2.05. The lowest BCUT2D eigenvalue weighted by atomic mass is 10.1. The number of methoxy groups -OCH3 is 1. The lowest BCUT2D eigenvalue weighted by molar-refractivity contribution is 0.185. The lowest BCUT2D eigenvalue weighted by Crippen LogP contribution is -2.17. The summed E-state index contributed by atoms with van der Waals surface area (Å²) in [4.78, 5) is 4.58. The van der Waals surface area contributed by atoms with Crippen LogP contribution >= 0.6 is 0 Å². The Hall–Kier alpha value is -1.65. The predicted molar refractivity (Wildman–Crippen MR) is 74.9 cm³/mol. The Labute approximate surface area is 113 Å². The molecule has 1 aromatic carbocycles. The topological polar surface area (TPSA) is 39.1 Å². The van der Waals surface area contributed by atoms with Crippen molar-refractivity contribution in [1.82, 2.24) is 14.9 Å². The smallest absolute Gasteiger partial charge is 0.110 e. The number of ether oxygens (including phenoxy) is 1. The maximum atomic E-state index is 5.29. The summed E-state index contributed by atoms with van der Waals surface area (Å²) in [5, 5.41) is 3.41. The van der Waals surface area contributed by atoms with Gasteiger partial charge in [-0.25, -0.2) is 4.98 Å². The summed E-state index contributed by atoms with van der Waals surface area (Å²) in [6.45, 7) is 3.62. The number of nitrogens with zero attached hydrogens (tertiary/aromatic N) is 2. The Bertz CT molecular complexity index is 562. The Kier molecular flexibility index (Phi) is 3.62. The molecule has 0 bridgehead atoms. The first-order valence-electron chi connectivity index (χ1n) is 6.72. The molecule has 19 heavy (non-hydrogen) atoms. The molecule has 0 spiro atoms. The van der Waals surface area contributed by atoms with Crippen molar-refractivity contribution in [1.29, 1.82) is 0 Å². The quantitative estimate of drug-likeness (QED) is 0.912. The molecule has 0 aliphatic carbocycles. The SMILES string of the molecule is COCc1ccccc1-c1cnc2n1CCNCC2. The number of aromatic nitrogens is 2. The number of nitrogens with one attached hydrogen (secondary N) is 1. The summed E-state index contributed by atoms with van der Waals surface area (Å²) < 4.78 is 7.62. The molecule has 1 aliphatic heterocycles. The van der Waals surface area contributed by atoms with E-state index in [0.717, 1.165) is 26.1 Å². The van der Waals surface area contributed by atoms with Gasteiger partial charge in [-0.2, -0.15) is 0 Å². The highest BCUT2D eigenvalue weighted by Gasteiger charge is 2.15. The Morgan fingerprint density at radius 3 is 3.11 bits per heavy atom. The van der Waals surface area contributed by atoms with E-state index in [-0.39, 0.29) is 0 Å². The van der Waals surface area contributed by atoms with E-state index in [1.807, 2.05) is 6.20 Å². The van der Waals surface area contributed by atoms with Crippen molar-refractivity contribution in [2.24, 2.45) is 0 Å². The number of hydrogen-bond donors (Lipinski definition) is 1. The molecule has 4 nitrogen and oxygen atoms in total. The number of imidazole rings is 1. The van der Waals surface area contributed by atoms with Gasteiger partial charge in [0.1, 0.15) is 5.82 Å². The van der Waals surface area contributed by atoms with Crippen molar-refractivity contribution < 1.29 is 4.74 Å². The van der Waals surface area contributed by atoms with E-state index in [9.17, 15) is 0 Å². The highest BCUT2D eigenvalue weighted by molar-refractivity contribution is 5.64. The van der Waals surface area contributed by atoms with Gasteiger partial charge in [0.05, 0.1) is 18.5 Å². The lowest BCUT2D eigenvalue weighted by Gasteiger charge is -2.12. The van der Waals surface area contributed by atoms with Gasteiger partial charge in [-0.1, -0.05) is 24.3 Å². The first-order chi connectivity index (χ1) is 9.40. The molecule has 4 heteroatoms. The van der Waals surface area contributed by atoms with Crippen LogP contribution in [0.5, 0.6) is 0 Å². The molecule has 0 unspecified atom stereocenters. The van der Waals surface area contributed by atoms with Crippen LogP contribution in [-0.2, 0) is 24.3 Å². The van der Waals surface area contributed by atoms with E-state index in [4.69, 9.17) is 4.74 Å². The van der Waals surface area contributed by atoms with Crippen molar-refractivity contribution in [3.05, 3.63) is 41.9 Å². The van der Waals surface area contributed by atoms with Crippen LogP contribution < -0.4 is 5.32 Å². The first-order valence-corrected chi connectivity index (χ1v) is 6.72. The fourth-order valence-electron chi connectivity index (χ4n) is 2.65. The normalized spacial score (nSPS) is 15.0. The Morgan fingerprint density at radius 2 is 2.21 bits per heavy atom. The van der Waals surface area contributed by atoms with Crippen LogP contribution in [0.15, 0.2) is 30.5 Å². The molecule has 1 aliphatic rings. The average molecular weight is 257 g/mol. The second-order valence-corrected chi connectivity index (χ2v) is 4.80. The minimum Gasteiger partial charge on any atom is -0.380 e. The molecule has 0 saturated heterocycles. The van der Waals surface area contributed by atoms with Crippen LogP contribution in [0.4, 0.5) is 0 Å². The van der Waals surface area contributed by atoms with Crippen LogP contribution in [0.25, 0.3) is 11.3 Å². The van der Waals surface area contributed by atoms with Crippen molar-refractivity contribution in [3.8, 4) is 11.3 Å². The third-order valence-electron chi connectivity index (χ3n) is 3.57. The number of rotatable bonds is 3. The molecule has 2 aromatic rings. The van der Waals surface area contributed by atoms with Crippen LogP contribution in [0.1, 0.15) is 11.4 Å². The largest absolute Gasteiger partial charge is 0.380 e. The molecule has 100 valence electrons. The maximum absolute atomic E-state index is 5.29. The second kappa shape index (κ2) is 5.55. The van der Waals surface area contributed by atoms with Crippen LogP contribution in [0, 0.1) is 0 Å². The third-order valence-corrected chi connectivity index (χ3v) is 3.57. The van der Waals surface area contributed by atoms with Crippen molar-refractivity contribution in [2.45, 2.75) is 19.6 Å². The van der Waals surface area contributed by atoms with Crippen LogP contribution in [0.2, 0.25) is 0 Å². The van der Waals surface area contributed by atoms with Gasteiger partial charge in [0, 0.05) is 38.7 Å². The van der Waals surface area contributed by atoms with Crippen molar-refractivity contribution >= 4 is 0 Å². The zero-order valence-corrected chi connectivity index (χ0v) is 11.2. The summed E-state index contributed by atoms with van der Waals surface area (Å²) in [6, 6.07) is 8.40. The Morgan fingerprint density at radius 1 is 1.32 bits per heavy atom. The zero-order chi connectivity index (χ0) is 13.1. The monoisotopic (exact) mass is 257 g/mol. The van der Waals surface area contributed by atoms with Gasteiger partial charge in [0.2, 0.25) is 0 Å². The minimum absolute atomic E-state index is 0.634. The molecule has 1 aromatic heterocycles. The molecule has 1 N–H and O–H groups in total. The zero-order valence-electron chi connectivity index (χ0n) is 11.2. The summed E-state index contributed by atoms with van der Waals surface area (Å²) in [6.07, 6.45) is 2.99. The van der Waals surface area contributed by atoms with E-state index in [2.05, 4.69) is 39.1 Å². The van der Waals surface area contributed by atoms with Crippen LogP contribution in [0.3, 0.4) is 0 Å². The van der Waals surface area contributed by atoms with Gasteiger partial charge in [0.15, 0.2) is 0 Å². The summed E-state index contributed by atoms with van der Waals surface area (Å²) in [7, 11) is 1.73.